The van der Waals surface area contributed by atoms with Crippen molar-refractivity contribution in [2.24, 2.45) is 5.92 Å². The van der Waals surface area contributed by atoms with Crippen molar-refractivity contribution in [1.29, 1.82) is 0 Å². The minimum absolute atomic E-state index is 0.796. The van der Waals surface area contributed by atoms with Gasteiger partial charge in [-0.1, -0.05) is 0 Å². The lowest BCUT2D eigenvalue weighted by atomic mass is 10.1. The third-order valence-corrected chi connectivity index (χ3v) is 2.05. The van der Waals surface area contributed by atoms with Crippen molar-refractivity contribution in [3.63, 3.8) is 0 Å². The van der Waals surface area contributed by atoms with E-state index in [9.17, 15) is 0 Å². The average Bonchev–Trinajstić information content (AvgIpc) is 2.31. The van der Waals surface area contributed by atoms with Crippen molar-refractivity contribution in [3.8, 4) is 0 Å². The summed E-state index contributed by atoms with van der Waals surface area (Å²) in [7, 11) is 2.17. The second-order valence-electron chi connectivity index (χ2n) is 3.08. The fourth-order valence-electron chi connectivity index (χ4n) is 1.45. The summed E-state index contributed by atoms with van der Waals surface area (Å²) in [4.78, 5) is 2.36. The van der Waals surface area contributed by atoms with Crippen molar-refractivity contribution in [2.45, 2.75) is 13.3 Å². The van der Waals surface area contributed by atoms with E-state index >= 15 is 0 Å². The molecule has 0 aromatic carbocycles. The molecule has 2 heteroatoms. The van der Waals surface area contributed by atoms with Gasteiger partial charge in [-0.25, -0.2) is 0 Å². The highest BCUT2D eigenvalue weighted by Crippen LogP contribution is 2.13. The largest absolute Gasteiger partial charge is 0.381 e. The van der Waals surface area contributed by atoms with Crippen LogP contribution in [0.25, 0.3) is 0 Å². The molecule has 1 heterocycles. The van der Waals surface area contributed by atoms with Crippen molar-refractivity contribution >= 4 is 0 Å². The molecule has 60 valence electrons. The Balaban J connectivity index is 2.06. The van der Waals surface area contributed by atoms with Crippen LogP contribution in [0.5, 0.6) is 0 Å². The van der Waals surface area contributed by atoms with Gasteiger partial charge < -0.3 is 9.64 Å². The fraction of sp³-hybridized carbons (Fsp3) is 1.00. The van der Waals surface area contributed by atoms with Crippen LogP contribution < -0.4 is 0 Å². The van der Waals surface area contributed by atoms with Crippen molar-refractivity contribution in [1.82, 2.24) is 4.90 Å². The number of ether oxygens (including phenoxy) is 1. The summed E-state index contributed by atoms with van der Waals surface area (Å²) >= 11 is 0. The van der Waals surface area contributed by atoms with Crippen LogP contribution in [0.2, 0.25) is 0 Å². The van der Waals surface area contributed by atoms with E-state index in [4.69, 9.17) is 4.74 Å². The summed E-state index contributed by atoms with van der Waals surface area (Å²) in [6.45, 7) is 6.34. The van der Waals surface area contributed by atoms with Crippen molar-refractivity contribution < 1.29 is 4.74 Å². The molecule has 0 N–H and O–H groups in total. The van der Waals surface area contributed by atoms with Crippen LogP contribution in [-0.2, 0) is 4.74 Å². The number of likely N-dealkylation sites (tertiary alicyclic amines) is 1. The van der Waals surface area contributed by atoms with Gasteiger partial charge in [0.2, 0.25) is 0 Å². The fourth-order valence-corrected chi connectivity index (χ4v) is 1.45. The van der Waals surface area contributed by atoms with Crippen LogP contribution in [0.3, 0.4) is 0 Å². The average molecular weight is 143 g/mol. The van der Waals surface area contributed by atoms with Gasteiger partial charge in [-0.3, -0.25) is 0 Å². The predicted octanol–water partition coefficient (Wildman–Crippen LogP) is 0.975. The van der Waals surface area contributed by atoms with Crippen molar-refractivity contribution in [2.75, 3.05) is 33.4 Å². The van der Waals surface area contributed by atoms with E-state index in [-0.39, 0.29) is 0 Å². The summed E-state index contributed by atoms with van der Waals surface area (Å²) in [5.41, 5.74) is 0. The van der Waals surface area contributed by atoms with Gasteiger partial charge in [0, 0.05) is 13.2 Å². The molecule has 0 aromatic heterocycles. The van der Waals surface area contributed by atoms with Crippen LogP contribution in [0.15, 0.2) is 0 Å². The van der Waals surface area contributed by atoms with Crippen molar-refractivity contribution in [3.05, 3.63) is 0 Å². The third-order valence-electron chi connectivity index (χ3n) is 2.05. The molecule has 0 amide bonds. The summed E-state index contributed by atoms with van der Waals surface area (Å²) < 4.78 is 5.34. The molecule has 0 aliphatic carbocycles. The lowest BCUT2D eigenvalue weighted by molar-refractivity contribution is 0.113. The summed E-state index contributed by atoms with van der Waals surface area (Å²) in [5.74, 6) is 0.796. The standard InChI is InChI=1S/C8H17NO/c1-3-10-7-8-4-5-9(2)6-8/h8H,3-7H2,1-2H3. The Morgan fingerprint density at radius 1 is 1.60 bits per heavy atom. The van der Waals surface area contributed by atoms with Crippen LogP contribution in [0, 0.1) is 5.92 Å². The maximum atomic E-state index is 5.34. The maximum absolute atomic E-state index is 5.34. The minimum atomic E-state index is 0.796. The quantitative estimate of drug-likeness (QED) is 0.584. The van der Waals surface area contributed by atoms with Crippen LogP contribution in [0.1, 0.15) is 13.3 Å². The van der Waals surface area contributed by atoms with E-state index in [1.165, 1.54) is 19.5 Å². The Hall–Kier alpha value is -0.0800. The highest BCUT2D eigenvalue weighted by Gasteiger charge is 2.18. The van der Waals surface area contributed by atoms with Crippen LogP contribution >= 0.6 is 0 Å². The maximum Gasteiger partial charge on any atom is 0.0506 e. The number of rotatable bonds is 3. The van der Waals surface area contributed by atoms with Gasteiger partial charge in [0.15, 0.2) is 0 Å². The first-order valence-corrected chi connectivity index (χ1v) is 4.09. The Bertz CT molecular complexity index is 95.3. The number of hydrogen-bond acceptors (Lipinski definition) is 2. The molecule has 0 aromatic rings. The second-order valence-corrected chi connectivity index (χ2v) is 3.08. The Labute approximate surface area is 63.2 Å². The zero-order chi connectivity index (χ0) is 7.40. The molecule has 1 aliphatic rings. The molecule has 0 radical (unpaired) electrons. The Morgan fingerprint density at radius 3 is 2.90 bits per heavy atom. The smallest absolute Gasteiger partial charge is 0.0506 e. The summed E-state index contributed by atoms with van der Waals surface area (Å²) in [5, 5.41) is 0. The van der Waals surface area contributed by atoms with E-state index in [1.54, 1.807) is 0 Å². The molecule has 1 fully saturated rings. The molecular formula is C8H17NO. The summed E-state index contributed by atoms with van der Waals surface area (Å²) in [6, 6.07) is 0. The topological polar surface area (TPSA) is 12.5 Å². The van der Waals surface area contributed by atoms with Gasteiger partial charge >= 0.3 is 0 Å². The second kappa shape index (κ2) is 3.94. The number of hydrogen-bond donors (Lipinski definition) is 0. The molecule has 1 aliphatic heterocycles. The molecule has 0 saturated carbocycles. The first-order valence-electron chi connectivity index (χ1n) is 4.09. The first-order chi connectivity index (χ1) is 4.83. The third kappa shape index (κ3) is 2.27. The van der Waals surface area contributed by atoms with E-state index < -0.39 is 0 Å². The van der Waals surface area contributed by atoms with Gasteiger partial charge in [-0.15, -0.1) is 0 Å². The van der Waals surface area contributed by atoms with Gasteiger partial charge in [-0.05, 0) is 32.9 Å². The molecule has 1 atom stereocenters. The van der Waals surface area contributed by atoms with E-state index in [0.29, 0.717) is 0 Å². The highest BCUT2D eigenvalue weighted by atomic mass is 16.5. The number of nitrogens with zero attached hydrogens (tertiary/aromatic N) is 1. The monoisotopic (exact) mass is 143 g/mol. The lowest BCUT2D eigenvalue weighted by Crippen LogP contribution is -2.16. The Morgan fingerprint density at radius 2 is 2.40 bits per heavy atom. The minimum Gasteiger partial charge on any atom is -0.381 e. The lowest BCUT2D eigenvalue weighted by Gasteiger charge is -2.09. The molecule has 1 saturated heterocycles. The molecule has 10 heavy (non-hydrogen) atoms. The zero-order valence-corrected chi connectivity index (χ0v) is 6.97. The first kappa shape index (κ1) is 8.02. The van der Waals surface area contributed by atoms with Crippen LogP contribution in [0.4, 0.5) is 0 Å². The van der Waals surface area contributed by atoms with Gasteiger partial charge in [0.05, 0.1) is 6.61 Å². The van der Waals surface area contributed by atoms with Gasteiger partial charge in [-0.2, -0.15) is 0 Å². The van der Waals surface area contributed by atoms with Gasteiger partial charge in [0.1, 0.15) is 0 Å². The molecular weight excluding hydrogens is 126 g/mol. The SMILES string of the molecule is CCOCC1CCN(C)C1. The van der Waals surface area contributed by atoms with E-state index in [2.05, 4.69) is 18.9 Å². The highest BCUT2D eigenvalue weighted by molar-refractivity contribution is 4.71. The normalized spacial score (nSPS) is 27.6. The molecule has 0 bridgehead atoms. The molecule has 1 unspecified atom stereocenters. The molecule has 1 rings (SSSR count). The van der Waals surface area contributed by atoms with Crippen LogP contribution in [-0.4, -0.2) is 38.3 Å². The van der Waals surface area contributed by atoms with E-state index in [1.807, 2.05) is 0 Å². The Kier molecular flexibility index (Phi) is 3.16. The van der Waals surface area contributed by atoms with Gasteiger partial charge in [0.25, 0.3) is 0 Å². The zero-order valence-electron chi connectivity index (χ0n) is 6.97. The van der Waals surface area contributed by atoms with E-state index in [0.717, 1.165) is 19.1 Å². The molecule has 2 nitrogen and oxygen atoms in total. The molecule has 0 spiro atoms. The summed E-state index contributed by atoms with van der Waals surface area (Å²) in [6.07, 6.45) is 1.32. The predicted molar refractivity (Wildman–Crippen MR) is 42.1 cm³/mol.